The Bertz CT molecular complexity index is 880. The lowest BCUT2D eigenvalue weighted by molar-refractivity contribution is -0.138. The van der Waals surface area contributed by atoms with Crippen molar-refractivity contribution < 1.29 is 14.0 Å². The second-order valence-corrected chi connectivity index (χ2v) is 8.21. The number of piperazine rings is 1. The maximum Gasteiger partial charge on any atom is 0.258 e. The molecule has 2 fully saturated rings. The van der Waals surface area contributed by atoms with Crippen LogP contribution in [-0.2, 0) is 11.3 Å². The average Bonchev–Trinajstić information content (AvgIpc) is 3.26. The highest BCUT2D eigenvalue weighted by atomic mass is 35.5. The summed E-state index contributed by atoms with van der Waals surface area (Å²) in [5.41, 5.74) is 2.00. The predicted octanol–water partition coefficient (Wildman–Crippen LogP) is 2.22. The van der Waals surface area contributed by atoms with E-state index in [2.05, 4.69) is 15.1 Å². The van der Waals surface area contributed by atoms with Crippen molar-refractivity contribution in [2.75, 3.05) is 32.7 Å². The number of amides is 2. The lowest BCUT2D eigenvalue weighted by Gasteiger charge is -2.42. The molecular weight excluding hydrogens is 394 g/mol. The molecule has 4 heterocycles. The zero-order chi connectivity index (χ0) is 20.5. The summed E-state index contributed by atoms with van der Waals surface area (Å²) in [4.78, 5) is 31.5. The first-order chi connectivity index (χ1) is 13.9. The molecule has 0 aliphatic carbocycles. The molecule has 0 unspecified atom stereocenters. The molecule has 0 atom stereocenters. The number of carbonyl (C=O) groups is 2. The van der Waals surface area contributed by atoms with E-state index in [4.69, 9.17) is 16.0 Å². The molecule has 2 aliphatic heterocycles. The lowest BCUT2D eigenvalue weighted by Crippen LogP contribution is -2.57. The van der Waals surface area contributed by atoms with Crippen molar-refractivity contribution in [1.82, 2.24) is 24.9 Å². The third-order valence-corrected chi connectivity index (χ3v) is 6.10. The van der Waals surface area contributed by atoms with Crippen LogP contribution >= 0.6 is 11.6 Å². The number of hydrogen-bond acceptors (Lipinski definition) is 5. The summed E-state index contributed by atoms with van der Waals surface area (Å²) in [6.07, 6.45) is 1.85. The van der Waals surface area contributed by atoms with Crippen molar-refractivity contribution in [2.45, 2.75) is 39.3 Å². The number of aromatic amines is 1. The number of piperidine rings is 1. The number of likely N-dealkylation sites (tertiary alicyclic amines) is 1. The van der Waals surface area contributed by atoms with E-state index in [9.17, 15) is 9.59 Å². The van der Waals surface area contributed by atoms with Gasteiger partial charge in [0.2, 0.25) is 5.91 Å². The maximum absolute atomic E-state index is 12.8. The van der Waals surface area contributed by atoms with Gasteiger partial charge in [-0.25, -0.2) is 0 Å². The molecule has 0 saturated carbocycles. The topological polar surface area (TPSA) is 85.7 Å². The fourth-order valence-electron chi connectivity index (χ4n) is 4.32. The third kappa shape index (κ3) is 4.18. The molecule has 0 spiro atoms. The van der Waals surface area contributed by atoms with Gasteiger partial charge in [-0.05, 0) is 50.4 Å². The minimum absolute atomic E-state index is 0.0275. The highest BCUT2D eigenvalue weighted by Crippen LogP contribution is 2.23. The summed E-state index contributed by atoms with van der Waals surface area (Å²) in [6.45, 7) is 7.45. The van der Waals surface area contributed by atoms with E-state index in [1.165, 1.54) is 0 Å². The molecular formula is C20H26ClN5O3. The lowest BCUT2D eigenvalue weighted by atomic mass is 10.0. The standard InChI is InChI=1S/C20H26ClN5O3/c1-13-19(14(2)23-22-13)20(28)25-9-10-26(18(27)12-25)15-5-7-24(8-6-15)11-16-3-4-17(21)29-16/h3-4,15H,5-12H2,1-2H3,(H,22,23). The van der Waals surface area contributed by atoms with Gasteiger partial charge in [0, 0.05) is 37.9 Å². The van der Waals surface area contributed by atoms with Crippen LogP contribution in [0.5, 0.6) is 0 Å². The number of nitrogens with one attached hydrogen (secondary N) is 1. The second-order valence-electron chi connectivity index (χ2n) is 7.84. The fourth-order valence-corrected chi connectivity index (χ4v) is 4.48. The zero-order valence-electron chi connectivity index (χ0n) is 16.8. The average molecular weight is 420 g/mol. The molecule has 1 N–H and O–H groups in total. The Labute approximate surface area is 174 Å². The van der Waals surface area contributed by atoms with Gasteiger partial charge in [0.05, 0.1) is 17.8 Å². The predicted molar refractivity (Wildman–Crippen MR) is 108 cm³/mol. The van der Waals surface area contributed by atoms with Crippen molar-refractivity contribution >= 4 is 23.4 Å². The molecule has 2 aliphatic rings. The molecule has 4 rings (SSSR count). The first kappa shape index (κ1) is 20.0. The molecule has 29 heavy (non-hydrogen) atoms. The van der Waals surface area contributed by atoms with E-state index >= 15 is 0 Å². The Morgan fingerprint density at radius 2 is 2.00 bits per heavy atom. The van der Waals surface area contributed by atoms with Crippen LogP contribution in [0.2, 0.25) is 5.22 Å². The van der Waals surface area contributed by atoms with Crippen LogP contribution in [0.15, 0.2) is 16.5 Å². The van der Waals surface area contributed by atoms with Crippen molar-refractivity contribution in [2.24, 2.45) is 0 Å². The summed E-state index contributed by atoms with van der Waals surface area (Å²) in [5, 5.41) is 7.34. The quantitative estimate of drug-likeness (QED) is 0.821. The van der Waals surface area contributed by atoms with Crippen LogP contribution in [0.25, 0.3) is 0 Å². The Balaban J connectivity index is 1.30. The minimum Gasteiger partial charge on any atom is -0.448 e. The molecule has 8 nitrogen and oxygen atoms in total. The van der Waals surface area contributed by atoms with Crippen LogP contribution in [0.3, 0.4) is 0 Å². The van der Waals surface area contributed by atoms with Gasteiger partial charge < -0.3 is 14.2 Å². The van der Waals surface area contributed by atoms with Gasteiger partial charge in [-0.15, -0.1) is 0 Å². The third-order valence-electron chi connectivity index (χ3n) is 5.89. The molecule has 156 valence electrons. The summed E-state index contributed by atoms with van der Waals surface area (Å²) in [5.74, 6) is 0.773. The number of carbonyl (C=O) groups excluding carboxylic acids is 2. The second kappa shape index (κ2) is 8.20. The van der Waals surface area contributed by atoms with E-state index in [1.54, 1.807) is 17.9 Å². The Morgan fingerprint density at radius 1 is 1.24 bits per heavy atom. The number of rotatable bonds is 4. The van der Waals surface area contributed by atoms with E-state index in [-0.39, 0.29) is 24.4 Å². The first-order valence-corrected chi connectivity index (χ1v) is 10.4. The number of nitrogens with zero attached hydrogens (tertiary/aromatic N) is 4. The minimum atomic E-state index is -0.117. The van der Waals surface area contributed by atoms with Crippen molar-refractivity contribution in [3.8, 4) is 0 Å². The number of aryl methyl sites for hydroxylation is 2. The molecule has 2 aromatic rings. The largest absolute Gasteiger partial charge is 0.448 e. The van der Waals surface area contributed by atoms with Gasteiger partial charge >= 0.3 is 0 Å². The van der Waals surface area contributed by atoms with Crippen LogP contribution in [0, 0.1) is 13.8 Å². The molecule has 0 aromatic carbocycles. The molecule has 2 saturated heterocycles. The summed E-state index contributed by atoms with van der Waals surface area (Å²) >= 11 is 5.84. The van der Waals surface area contributed by atoms with Crippen LogP contribution in [0.4, 0.5) is 0 Å². The van der Waals surface area contributed by atoms with Crippen LogP contribution in [-0.4, -0.2) is 75.5 Å². The highest BCUT2D eigenvalue weighted by Gasteiger charge is 2.34. The molecule has 2 amide bonds. The molecule has 2 aromatic heterocycles. The highest BCUT2D eigenvalue weighted by molar-refractivity contribution is 6.28. The Kier molecular flexibility index (Phi) is 5.65. The summed E-state index contributed by atoms with van der Waals surface area (Å²) < 4.78 is 5.44. The van der Waals surface area contributed by atoms with E-state index in [0.29, 0.717) is 29.6 Å². The monoisotopic (exact) mass is 419 g/mol. The molecule has 9 heteroatoms. The number of hydrogen-bond donors (Lipinski definition) is 1. The fraction of sp³-hybridized carbons (Fsp3) is 0.550. The van der Waals surface area contributed by atoms with Gasteiger partial charge in [-0.3, -0.25) is 19.6 Å². The van der Waals surface area contributed by atoms with Crippen LogP contribution < -0.4 is 0 Å². The van der Waals surface area contributed by atoms with Crippen molar-refractivity contribution in [3.63, 3.8) is 0 Å². The number of aromatic nitrogens is 2. The Hall–Kier alpha value is -2.32. The van der Waals surface area contributed by atoms with E-state index in [0.717, 1.165) is 43.9 Å². The summed E-state index contributed by atoms with van der Waals surface area (Å²) in [7, 11) is 0. The van der Waals surface area contributed by atoms with Gasteiger partial charge in [-0.1, -0.05) is 0 Å². The Morgan fingerprint density at radius 3 is 2.59 bits per heavy atom. The van der Waals surface area contributed by atoms with Crippen molar-refractivity contribution in [1.29, 1.82) is 0 Å². The number of H-pyrrole nitrogens is 1. The maximum atomic E-state index is 12.8. The van der Waals surface area contributed by atoms with Gasteiger partial charge in [-0.2, -0.15) is 5.10 Å². The van der Waals surface area contributed by atoms with Crippen LogP contribution in [0.1, 0.15) is 40.3 Å². The normalized spacial score (nSPS) is 19.2. The van der Waals surface area contributed by atoms with E-state index in [1.807, 2.05) is 17.9 Å². The zero-order valence-corrected chi connectivity index (χ0v) is 17.5. The van der Waals surface area contributed by atoms with E-state index < -0.39 is 0 Å². The van der Waals surface area contributed by atoms with Crippen molar-refractivity contribution in [3.05, 3.63) is 40.1 Å². The number of halogens is 1. The smallest absolute Gasteiger partial charge is 0.258 e. The van der Waals surface area contributed by atoms with Gasteiger partial charge in [0.1, 0.15) is 12.3 Å². The van der Waals surface area contributed by atoms with Gasteiger partial charge in [0.25, 0.3) is 5.91 Å². The van der Waals surface area contributed by atoms with Gasteiger partial charge in [0.15, 0.2) is 5.22 Å². The summed E-state index contributed by atoms with van der Waals surface area (Å²) in [6, 6.07) is 3.89. The molecule has 0 bridgehead atoms. The first-order valence-electron chi connectivity index (χ1n) is 9.99. The SMILES string of the molecule is Cc1n[nH]c(C)c1C(=O)N1CCN(C2CCN(Cc3ccc(Cl)o3)CC2)C(=O)C1. The molecule has 0 radical (unpaired) electrons. The number of furan rings is 1.